The molecule has 1 aliphatic rings. The Morgan fingerprint density at radius 1 is 1.08 bits per heavy atom. The molecule has 0 atom stereocenters. The second-order valence-corrected chi connectivity index (χ2v) is 7.84. The van der Waals surface area contributed by atoms with Crippen LogP contribution in [0.1, 0.15) is 35.9 Å². The maximum atomic E-state index is 4.72. The van der Waals surface area contributed by atoms with Gasteiger partial charge in [-0.15, -0.1) is 11.3 Å². The lowest BCUT2D eigenvalue weighted by atomic mass is 10.0. The van der Waals surface area contributed by atoms with E-state index in [0.717, 1.165) is 66.2 Å². The van der Waals surface area contributed by atoms with Gasteiger partial charge in [-0.05, 0) is 51.1 Å². The van der Waals surface area contributed by atoms with Gasteiger partial charge in [0.25, 0.3) is 0 Å². The Hall–Kier alpha value is -2.12. The molecular weight excluding hydrogens is 344 g/mol. The van der Waals surface area contributed by atoms with E-state index in [1.165, 1.54) is 5.39 Å². The van der Waals surface area contributed by atoms with E-state index >= 15 is 0 Å². The predicted molar refractivity (Wildman–Crippen MR) is 106 cm³/mol. The van der Waals surface area contributed by atoms with Crippen LogP contribution in [0.3, 0.4) is 0 Å². The molecule has 4 rings (SSSR count). The van der Waals surface area contributed by atoms with Gasteiger partial charge in [0.15, 0.2) is 0 Å². The van der Waals surface area contributed by atoms with Gasteiger partial charge in [-0.3, -0.25) is 0 Å². The van der Waals surface area contributed by atoms with Crippen molar-refractivity contribution >= 4 is 27.4 Å². The molecule has 0 spiro atoms. The van der Waals surface area contributed by atoms with Gasteiger partial charge in [0.1, 0.15) is 22.3 Å². The van der Waals surface area contributed by atoms with Crippen molar-refractivity contribution in [1.82, 2.24) is 25.3 Å². The summed E-state index contributed by atoms with van der Waals surface area (Å²) in [5.74, 6) is 2.82. The predicted octanol–water partition coefficient (Wildman–Crippen LogP) is 3.17. The standard InChI is InChI=1S/C19H24N6S/c1-12-10-13(2)22-17(21-12)11-20-15-4-7-25(8-5-15)18-16-6-9-26-19(16)24-14(3)23-18/h6,9-10,15,20H,4-5,7-8,11H2,1-3H3. The number of aryl methyl sites for hydroxylation is 3. The average Bonchev–Trinajstić information content (AvgIpc) is 3.07. The fourth-order valence-corrected chi connectivity index (χ4v) is 4.40. The quantitative estimate of drug-likeness (QED) is 0.763. The van der Waals surface area contributed by atoms with Crippen molar-refractivity contribution in [3.05, 3.63) is 40.5 Å². The van der Waals surface area contributed by atoms with Gasteiger partial charge in [-0.25, -0.2) is 19.9 Å². The van der Waals surface area contributed by atoms with Gasteiger partial charge < -0.3 is 10.2 Å². The zero-order valence-electron chi connectivity index (χ0n) is 15.5. The smallest absolute Gasteiger partial charge is 0.142 e. The first-order valence-electron chi connectivity index (χ1n) is 9.10. The molecule has 0 radical (unpaired) electrons. The monoisotopic (exact) mass is 368 g/mol. The number of nitrogens with one attached hydrogen (secondary N) is 1. The van der Waals surface area contributed by atoms with Crippen molar-refractivity contribution in [3.8, 4) is 0 Å². The Kier molecular flexibility index (Phi) is 4.82. The van der Waals surface area contributed by atoms with Gasteiger partial charge >= 0.3 is 0 Å². The SMILES string of the molecule is Cc1cc(C)nc(CNC2CCN(c3nc(C)nc4sccc34)CC2)n1. The van der Waals surface area contributed by atoms with Crippen LogP contribution in [0.15, 0.2) is 17.5 Å². The number of thiophene rings is 1. The van der Waals surface area contributed by atoms with E-state index in [9.17, 15) is 0 Å². The molecule has 4 heterocycles. The summed E-state index contributed by atoms with van der Waals surface area (Å²) in [7, 11) is 0. The molecule has 0 aliphatic carbocycles. The van der Waals surface area contributed by atoms with Gasteiger partial charge in [-0.1, -0.05) is 0 Å². The van der Waals surface area contributed by atoms with Gasteiger partial charge in [-0.2, -0.15) is 0 Å². The topological polar surface area (TPSA) is 66.8 Å². The van der Waals surface area contributed by atoms with Gasteiger partial charge in [0.2, 0.25) is 0 Å². The van der Waals surface area contributed by atoms with E-state index in [0.29, 0.717) is 6.04 Å². The van der Waals surface area contributed by atoms with Crippen LogP contribution in [0.25, 0.3) is 10.2 Å². The molecule has 1 saturated heterocycles. The lowest BCUT2D eigenvalue weighted by molar-refractivity contribution is 0.408. The van der Waals surface area contributed by atoms with Crippen molar-refractivity contribution in [3.63, 3.8) is 0 Å². The highest BCUT2D eigenvalue weighted by molar-refractivity contribution is 7.16. The molecule has 0 saturated carbocycles. The molecule has 3 aromatic rings. The van der Waals surface area contributed by atoms with Gasteiger partial charge in [0, 0.05) is 30.5 Å². The van der Waals surface area contributed by atoms with E-state index in [-0.39, 0.29) is 0 Å². The van der Waals surface area contributed by atoms with Crippen LogP contribution in [-0.4, -0.2) is 39.1 Å². The summed E-state index contributed by atoms with van der Waals surface area (Å²) in [5.41, 5.74) is 2.06. The maximum Gasteiger partial charge on any atom is 0.142 e. The van der Waals surface area contributed by atoms with Crippen LogP contribution in [0, 0.1) is 20.8 Å². The first-order chi connectivity index (χ1) is 12.6. The number of anilines is 1. The second kappa shape index (κ2) is 7.25. The Labute approximate surface area is 157 Å². The summed E-state index contributed by atoms with van der Waals surface area (Å²) >= 11 is 1.68. The van der Waals surface area contributed by atoms with Gasteiger partial charge in [0.05, 0.1) is 11.9 Å². The van der Waals surface area contributed by atoms with E-state index in [1.807, 2.05) is 26.8 Å². The van der Waals surface area contributed by atoms with E-state index in [4.69, 9.17) is 4.98 Å². The molecule has 1 aliphatic heterocycles. The number of hydrogen-bond acceptors (Lipinski definition) is 7. The zero-order valence-corrected chi connectivity index (χ0v) is 16.3. The zero-order chi connectivity index (χ0) is 18.1. The van der Waals surface area contributed by atoms with Crippen molar-refractivity contribution in [1.29, 1.82) is 0 Å². The highest BCUT2D eigenvalue weighted by Gasteiger charge is 2.22. The molecule has 7 heteroatoms. The Balaban J connectivity index is 1.38. The molecule has 1 N–H and O–H groups in total. The van der Waals surface area contributed by atoms with Crippen molar-refractivity contribution < 1.29 is 0 Å². The molecule has 0 unspecified atom stereocenters. The maximum absolute atomic E-state index is 4.72. The third-order valence-electron chi connectivity index (χ3n) is 4.79. The number of fused-ring (bicyclic) bond motifs is 1. The largest absolute Gasteiger partial charge is 0.356 e. The minimum Gasteiger partial charge on any atom is -0.356 e. The lowest BCUT2D eigenvalue weighted by Gasteiger charge is -2.33. The van der Waals surface area contributed by atoms with Crippen LogP contribution >= 0.6 is 11.3 Å². The molecule has 26 heavy (non-hydrogen) atoms. The summed E-state index contributed by atoms with van der Waals surface area (Å²) in [6, 6.07) is 4.64. The van der Waals surface area contributed by atoms with Crippen molar-refractivity contribution in [2.24, 2.45) is 0 Å². The minimum absolute atomic E-state index is 0.497. The number of piperidine rings is 1. The minimum atomic E-state index is 0.497. The molecule has 0 amide bonds. The molecule has 0 bridgehead atoms. The van der Waals surface area contributed by atoms with E-state index < -0.39 is 0 Å². The summed E-state index contributed by atoms with van der Waals surface area (Å²) in [6.07, 6.45) is 2.19. The Morgan fingerprint density at radius 3 is 2.54 bits per heavy atom. The summed E-state index contributed by atoms with van der Waals surface area (Å²) in [5, 5.41) is 6.90. The average molecular weight is 369 g/mol. The fourth-order valence-electron chi connectivity index (χ4n) is 3.59. The summed E-state index contributed by atoms with van der Waals surface area (Å²) in [4.78, 5) is 21.8. The van der Waals surface area contributed by atoms with Crippen LogP contribution in [0.2, 0.25) is 0 Å². The molecular formula is C19H24N6S. The first-order valence-corrected chi connectivity index (χ1v) is 9.98. The molecule has 0 aromatic carbocycles. The van der Waals surface area contributed by atoms with Crippen LogP contribution in [0.4, 0.5) is 5.82 Å². The number of aromatic nitrogens is 4. The van der Waals surface area contributed by atoms with Crippen LogP contribution < -0.4 is 10.2 Å². The molecule has 136 valence electrons. The molecule has 6 nitrogen and oxygen atoms in total. The first kappa shape index (κ1) is 17.3. The Morgan fingerprint density at radius 2 is 1.81 bits per heavy atom. The number of hydrogen-bond donors (Lipinski definition) is 1. The number of rotatable bonds is 4. The van der Waals surface area contributed by atoms with E-state index in [1.54, 1.807) is 11.3 Å². The summed E-state index contributed by atoms with van der Waals surface area (Å²) < 4.78 is 0. The summed E-state index contributed by atoms with van der Waals surface area (Å²) in [6.45, 7) is 8.76. The highest BCUT2D eigenvalue weighted by atomic mass is 32.1. The number of nitrogens with zero attached hydrogens (tertiary/aromatic N) is 5. The normalized spacial score (nSPS) is 15.7. The van der Waals surface area contributed by atoms with Crippen LogP contribution in [0.5, 0.6) is 0 Å². The molecule has 3 aromatic heterocycles. The second-order valence-electron chi connectivity index (χ2n) is 6.94. The fraction of sp³-hybridized carbons (Fsp3) is 0.474. The Bertz CT molecular complexity index is 893. The molecule has 1 fully saturated rings. The highest BCUT2D eigenvalue weighted by Crippen LogP contribution is 2.29. The lowest BCUT2D eigenvalue weighted by Crippen LogP contribution is -2.43. The van der Waals surface area contributed by atoms with E-state index in [2.05, 4.69) is 36.6 Å². The third-order valence-corrected chi connectivity index (χ3v) is 5.60. The van der Waals surface area contributed by atoms with Crippen molar-refractivity contribution in [2.75, 3.05) is 18.0 Å². The van der Waals surface area contributed by atoms with Crippen LogP contribution in [-0.2, 0) is 6.54 Å². The van der Waals surface area contributed by atoms with Crippen molar-refractivity contribution in [2.45, 2.75) is 46.2 Å². The third kappa shape index (κ3) is 3.68.